The first-order valence-electron chi connectivity index (χ1n) is 13.8. The average Bonchev–Trinajstić information content (AvgIpc) is 2.98. The van der Waals surface area contributed by atoms with E-state index in [1.165, 1.54) is 12.1 Å². The van der Waals surface area contributed by atoms with E-state index < -0.39 is 74.6 Å². The van der Waals surface area contributed by atoms with Crippen LogP contribution in [0, 0.1) is 40.8 Å². The molecule has 0 aromatic heterocycles. The maximum Gasteiger partial charge on any atom is 0.429 e. The third kappa shape index (κ3) is 6.36. The Morgan fingerprint density at radius 3 is 2.18 bits per heavy atom. The first-order valence-corrected chi connectivity index (χ1v) is 14.1. The number of hydrogen-bond acceptors (Lipinski definition) is 3. The molecule has 4 aromatic rings. The van der Waals surface area contributed by atoms with Crippen LogP contribution in [0.15, 0.2) is 48.5 Å². The van der Waals surface area contributed by atoms with Gasteiger partial charge in [0.25, 0.3) is 0 Å². The van der Waals surface area contributed by atoms with Gasteiger partial charge in [-0.1, -0.05) is 56.0 Å². The van der Waals surface area contributed by atoms with E-state index in [-0.39, 0.29) is 22.9 Å². The molecule has 1 fully saturated rings. The maximum atomic E-state index is 15.3. The summed E-state index contributed by atoms with van der Waals surface area (Å²) < 4.78 is 134. The Labute approximate surface area is 252 Å². The molecular weight excluding hydrogens is 620 g/mol. The third-order valence-electron chi connectivity index (χ3n) is 7.38. The monoisotopic (exact) mass is 644 g/mol. The summed E-state index contributed by atoms with van der Waals surface area (Å²) in [6, 6.07) is 6.80. The van der Waals surface area contributed by atoms with E-state index in [1.807, 2.05) is 0 Å². The number of halogens is 9. The van der Waals surface area contributed by atoms with Crippen molar-refractivity contribution in [3.8, 4) is 16.9 Å². The molecule has 1 heterocycles. The Morgan fingerprint density at radius 1 is 0.795 bits per heavy atom. The molecule has 44 heavy (non-hydrogen) atoms. The van der Waals surface area contributed by atoms with Crippen molar-refractivity contribution in [2.24, 2.45) is 5.92 Å². The molecule has 0 spiro atoms. The molecule has 0 amide bonds. The fourth-order valence-corrected chi connectivity index (χ4v) is 5.28. The second-order valence-electron chi connectivity index (χ2n) is 10.5. The predicted octanol–water partition coefficient (Wildman–Crippen LogP) is 10.4. The minimum atomic E-state index is -4.55. The highest BCUT2D eigenvalue weighted by Crippen LogP contribution is 2.40. The molecule has 234 valence electrons. The highest BCUT2D eigenvalue weighted by molar-refractivity contribution is 6.30. The maximum absolute atomic E-state index is 15.3. The molecular formula is C32H25ClF8O3. The molecule has 0 bridgehead atoms. The Balaban J connectivity index is 1.41. The van der Waals surface area contributed by atoms with E-state index in [9.17, 15) is 17.6 Å². The molecule has 0 unspecified atom stereocenters. The van der Waals surface area contributed by atoms with Gasteiger partial charge in [-0.3, -0.25) is 0 Å². The number of hydrogen-bond donors (Lipinski definition) is 0. The van der Waals surface area contributed by atoms with Crippen LogP contribution in [-0.2, 0) is 15.6 Å². The molecule has 0 atom stereocenters. The molecule has 3 nitrogen and oxygen atoms in total. The van der Waals surface area contributed by atoms with Crippen LogP contribution in [0.2, 0.25) is 5.02 Å². The number of ether oxygens (including phenoxy) is 3. The van der Waals surface area contributed by atoms with E-state index in [0.29, 0.717) is 30.9 Å². The summed E-state index contributed by atoms with van der Waals surface area (Å²) >= 11 is 5.45. The van der Waals surface area contributed by atoms with Crippen molar-refractivity contribution in [3.63, 3.8) is 0 Å². The molecule has 0 saturated carbocycles. The zero-order valence-corrected chi connectivity index (χ0v) is 23.9. The Kier molecular flexibility index (Phi) is 9.38. The molecule has 4 aromatic carbocycles. The number of benzene rings is 4. The molecule has 1 aliphatic rings. The van der Waals surface area contributed by atoms with Gasteiger partial charge >= 0.3 is 6.11 Å². The van der Waals surface area contributed by atoms with Crippen molar-refractivity contribution in [2.45, 2.75) is 45.0 Å². The summed E-state index contributed by atoms with van der Waals surface area (Å²) in [6.45, 7) is 2.95. The summed E-state index contributed by atoms with van der Waals surface area (Å²) in [5.74, 6) is -10.2. The Bertz CT molecular complexity index is 1670. The Hall–Kier alpha value is -3.41. The largest absolute Gasteiger partial charge is 0.429 e. The minimum absolute atomic E-state index is 0.216. The van der Waals surface area contributed by atoms with Crippen LogP contribution in [0.25, 0.3) is 21.9 Å². The van der Waals surface area contributed by atoms with Gasteiger partial charge in [-0.05, 0) is 30.0 Å². The molecule has 1 saturated heterocycles. The second-order valence-corrected chi connectivity index (χ2v) is 10.9. The van der Waals surface area contributed by atoms with Crippen molar-refractivity contribution in [1.29, 1.82) is 0 Å². The molecule has 5 rings (SSSR count). The van der Waals surface area contributed by atoms with E-state index in [2.05, 4.69) is 11.7 Å². The van der Waals surface area contributed by atoms with E-state index in [1.54, 1.807) is 0 Å². The van der Waals surface area contributed by atoms with Crippen molar-refractivity contribution in [2.75, 3.05) is 13.2 Å². The summed E-state index contributed by atoms with van der Waals surface area (Å²) in [4.78, 5) is 0. The van der Waals surface area contributed by atoms with Crippen LogP contribution in [-0.4, -0.2) is 13.2 Å². The molecule has 1 aliphatic heterocycles. The van der Waals surface area contributed by atoms with Gasteiger partial charge in [-0.25, -0.2) is 26.3 Å². The average molecular weight is 645 g/mol. The van der Waals surface area contributed by atoms with Crippen molar-refractivity contribution in [3.05, 3.63) is 99.6 Å². The summed E-state index contributed by atoms with van der Waals surface area (Å²) in [5, 5.41) is -2.38. The smallest absolute Gasteiger partial charge is 0.429 e. The molecule has 0 N–H and O–H groups in total. The van der Waals surface area contributed by atoms with Crippen molar-refractivity contribution in [1.82, 2.24) is 0 Å². The van der Waals surface area contributed by atoms with Gasteiger partial charge in [-0.15, -0.1) is 0 Å². The standard InChI is InChI=1S/C32H25ClF8O3/c1-2-3-4-5-16-14-42-31(43-15-16)18-6-8-20(24(34)11-18)21-10-17-7-9-22(28(37)26(17)30(39)27(21)36)32(40,41)44-19-12-23(33)29(38)25(35)13-19/h6-13,16,31H,2-5,14-15H2,1H3. The van der Waals surface area contributed by atoms with E-state index in [0.717, 1.165) is 43.9 Å². The first-order chi connectivity index (χ1) is 20.9. The fourth-order valence-electron chi connectivity index (χ4n) is 5.08. The van der Waals surface area contributed by atoms with E-state index in [4.69, 9.17) is 21.1 Å². The van der Waals surface area contributed by atoms with Gasteiger partial charge in [0.1, 0.15) is 22.9 Å². The van der Waals surface area contributed by atoms with Gasteiger partial charge in [0.2, 0.25) is 0 Å². The quantitative estimate of drug-likeness (QED) is 0.103. The summed E-state index contributed by atoms with van der Waals surface area (Å²) in [6.07, 6.45) is -1.22. The van der Waals surface area contributed by atoms with Crippen LogP contribution >= 0.6 is 11.6 Å². The van der Waals surface area contributed by atoms with Gasteiger partial charge in [-0.2, -0.15) is 8.78 Å². The lowest BCUT2D eigenvalue weighted by Gasteiger charge is -2.29. The highest BCUT2D eigenvalue weighted by Gasteiger charge is 2.39. The normalized spacial score (nSPS) is 17.3. The van der Waals surface area contributed by atoms with Crippen LogP contribution in [0.5, 0.6) is 5.75 Å². The van der Waals surface area contributed by atoms with Crippen molar-refractivity contribution < 1.29 is 49.3 Å². The predicted molar refractivity (Wildman–Crippen MR) is 147 cm³/mol. The highest BCUT2D eigenvalue weighted by atomic mass is 35.5. The lowest BCUT2D eigenvalue weighted by molar-refractivity contribution is -0.206. The fraction of sp³-hybridized carbons (Fsp3) is 0.312. The first kappa shape index (κ1) is 32.0. The van der Waals surface area contributed by atoms with Gasteiger partial charge < -0.3 is 14.2 Å². The lowest BCUT2D eigenvalue weighted by atomic mass is 9.96. The van der Waals surface area contributed by atoms with Crippen molar-refractivity contribution >= 4 is 22.4 Å². The minimum Gasteiger partial charge on any atom is -0.429 e. The van der Waals surface area contributed by atoms with Gasteiger partial charge in [0, 0.05) is 34.7 Å². The molecule has 0 radical (unpaired) electrons. The van der Waals surface area contributed by atoms with Gasteiger partial charge in [0.05, 0.1) is 23.6 Å². The number of unbranched alkanes of at least 4 members (excludes halogenated alkanes) is 2. The second kappa shape index (κ2) is 12.9. The number of fused-ring (bicyclic) bond motifs is 1. The number of rotatable bonds is 9. The zero-order valence-electron chi connectivity index (χ0n) is 23.1. The lowest BCUT2D eigenvalue weighted by Crippen LogP contribution is -2.27. The van der Waals surface area contributed by atoms with Crippen LogP contribution in [0.3, 0.4) is 0 Å². The summed E-state index contributed by atoms with van der Waals surface area (Å²) in [7, 11) is 0. The molecule has 12 heteroatoms. The Morgan fingerprint density at radius 2 is 1.52 bits per heavy atom. The third-order valence-corrected chi connectivity index (χ3v) is 7.65. The van der Waals surface area contributed by atoms with Crippen LogP contribution < -0.4 is 4.74 Å². The van der Waals surface area contributed by atoms with Crippen LogP contribution in [0.1, 0.15) is 50.0 Å². The topological polar surface area (TPSA) is 27.7 Å². The number of alkyl halides is 2. The zero-order chi connectivity index (χ0) is 31.8. The molecule has 0 aliphatic carbocycles. The summed E-state index contributed by atoms with van der Waals surface area (Å²) in [5.41, 5.74) is -2.14. The van der Waals surface area contributed by atoms with E-state index >= 15 is 17.6 Å². The van der Waals surface area contributed by atoms with Gasteiger partial charge in [0.15, 0.2) is 29.6 Å². The van der Waals surface area contributed by atoms with Crippen LogP contribution in [0.4, 0.5) is 35.1 Å². The SMILES string of the molecule is CCCCCC1COC(c2ccc(-c3cc4ccc(C(F)(F)Oc5cc(F)c(F)c(Cl)c5)c(F)c4c(F)c3F)c(F)c2)OC1.